The Labute approximate surface area is 169 Å². The second-order valence-electron chi connectivity index (χ2n) is 6.59. The molecule has 1 aromatic rings. The number of hydrogen-bond donors (Lipinski definition) is 0. The summed E-state index contributed by atoms with van der Waals surface area (Å²) in [6.07, 6.45) is 3.21. The van der Waals surface area contributed by atoms with E-state index in [4.69, 9.17) is 27.9 Å². The van der Waals surface area contributed by atoms with Gasteiger partial charge in [-0.05, 0) is 23.8 Å². The van der Waals surface area contributed by atoms with Crippen LogP contribution in [0.15, 0.2) is 24.3 Å². The van der Waals surface area contributed by atoms with Gasteiger partial charge in [0.15, 0.2) is 0 Å². The molecule has 2 amide bonds. The molecule has 27 heavy (non-hydrogen) atoms. The Morgan fingerprint density at radius 2 is 1.67 bits per heavy atom. The van der Waals surface area contributed by atoms with Crippen LogP contribution >= 0.6 is 23.2 Å². The molecular weight excluding hydrogens is 389 g/mol. The van der Waals surface area contributed by atoms with Gasteiger partial charge < -0.3 is 14.5 Å². The molecule has 0 radical (unpaired) electrons. The number of rotatable bonds is 4. The van der Waals surface area contributed by atoms with Crippen LogP contribution in [0.2, 0.25) is 10.0 Å². The zero-order chi connectivity index (χ0) is 19.2. The van der Waals surface area contributed by atoms with E-state index in [1.54, 1.807) is 29.2 Å². The minimum atomic E-state index is -0.0821. The van der Waals surface area contributed by atoms with Gasteiger partial charge in [0.25, 0.3) is 0 Å². The van der Waals surface area contributed by atoms with Crippen LogP contribution in [0.5, 0.6) is 0 Å². The molecule has 0 atom stereocenters. The molecule has 0 spiro atoms. The first-order valence-electron chi connectivity index (χ1n) is 9.03. The largest absolute Gasteiger partial charge is 0.379 e. The predicted octanol–water partition coefficient (Wildman–Crippen LogP) is 2.01. The fourth-order valence-electron chi connectivity index (χ4n) is 3.13. The number of morpholine rings is 1. The quantitative estimate of drug-likeness (QED) is 0.711. The minimum absolute atomic E-state index is 0.0821. The highest BCUT2D eigenvalue weighted by molar-refractivity contribution is 6.35. The highest BCUT2D eigenvalue weighted by Crippen LogP contribution is 2.22. The maximum absolute atomic E-state index is 12.4. The van der Waals surface area contributed by atoms with Crippen LogP contribution in [0.4, 0.5) is 0 Å². The van der Waals surface area contributed by atoms with E-state index in [2.05, 4.69) is 4.90 Å². The van der Waals surface area contributed by atoms with Gasteiger partial charge in [-0.3, -0.25) is 14.5 Å². The number of carbonyl (C=O) groups is 2. The summed E-state index contributed by atoms with van der Waals surface area (Å²) in [6.45, 7) is 5.56. The molecular formula is C19H23Cl2N3O3. The Kier molecular flexibility index (Phi) is 7.13. The minimum Gasteiger partial charge on any atom is -0.379 e. The van der Waals surface area contributed by atoms with Crippen LogP contribution in [0.1, 0.15) is 5.56 Å². The average molecular weight is 412 g/mol. The molecule has 6 nitrogen and oxygen atoms in total. The van der Waals surface area contributed by atoms with Gasteiger partial charge in [0, 0.05) is 55.4 Å². The van der Waals surface area contributed by atoms with Crippen molar-refractivity contribution in [3.05, 3.63) is 39.9 Å². The molecule has 2 aliphatic heterocycles. The number of carbonyl (C=O) groups excluding carboxylic acids is 2. The Bertz CT molecular complexity index is 712. The summed E-state index contributed by atoms with van der Waals surface area (Å²) < 4.78 is 5.30. The fourth-order valence-corrected chi connectivity index (χ4v) is 3.60. The number of ether oxygens (including phenoxy) is 1. The van der Waals surface area contributed by atoms with Gasteiger partial charge in [0.05, 0.1) is 19.8 Å². The average Bonchev–Trinajstić information content (AvgIpc) is 2.68. The smallest absolute Gasteiger partial charge is 0.246 e. The highest BCUT2D eigenvalue weighted by Gasteiger charge is 2.24. The van der Waals surface area contributed by atoms with Gasteiger partial charge in [-0.15, -0.1) is 0 Å². The number of nitrogens with zero attached hydrogens (tertiary/aromatic N) is 3. The number of hydrogen-bond acceptors (Lipinski definition) is 4. The second kappa shape index (κ2) is 9.55. The molecule has 0 bridgehead atoms. The van der Waals surface area contributed by atoms with Crippen LogP contribution in [0, 0.1) is 0 Å². The Hall–Kier alpha value is -1.60. The standard InChI is InChI=1S/C19H23Cl2N3O3/c20-16-3-1-15(17(21)13-16)2-4-18(25)23-5-7-24(8-6-23)19(26)14-22-9-11-27-12-10-22/h1-4,13H,5-12,14H2/b4-2+. The second-order valence-corrected chi connectivity index (χ2v) is 7.44. The van der Waals surface area contributed by atoms with Crippen molar-refractivity contribution < 1.29 is 14.3 Å². The molecule has 0 N–H and O–H groups in total. The third-order valence-electron chi connectivity index (χ3n) is 4.77. The first-order chi connectivity index (χ1) is 13.0. The summed E-state index contributed by atoms with van der Waals surface area (Å²) in [4.78, 5) is 30.5. The van der Waals surface area contributed by atoms with Crippen molar-refractivity contribution in [1.82, 2.24) is 14.7 Å². The molecule has 0 saturated carbocycles. The summed E-state index contributed by atoms with van der Waals surface area (Å²) in [5, 5.41) is 1.06. The van der Waals surface area contributed by atoms with Crippen molar-refractivity contribution in [2.24, 2.45) is 0 Å². The zero-order valence-electron chi connectivity index (χ0n) is 15.1. The van der Waals surface area contributed by atoms with E-state index in [1.165, 1.54) is 6.08 Å². The maximum Gasteiger partial charge on any atom is 0.246 e. The van der Waals surface area contributed by atoms with E-state index in [1.807, 2.05) is 4.90 Å². The van der Waals surface area contributed by atoms with Crippen molar-refractivity contribution >= 4 is 41.1 Å². The Morgan fingerprint density at radius 3 is 2.33 bits per heavy atom. The van der Waals surface area contributed by atoms with Crippen molar-refractivity contribution in [2.75, 3.05) is 59.0 Å². The molecule has 0 aromatic heterocycles. The maximum atomic E-state index is 12.4. The van der Waals surface area contributed by atoms with E-state index in [9.17, 15) is 9.59 Å². The van der Waals surface area contributed by atoms with Gasteiger partial charge in [-0.1, -0.05) is 29.3 Å². The van der Waals surface area contributed by atoms with Crippen molar-refractivity contribution in [2.45, 2.75) is 0 Å². The molecule has 2 fully saturated rings. The molecule has 2 saturated heterocycles. The molecule has 0 unspecified atom stereocenters. The topological polar surface area (TPSA) is 53.1 Å². The lowest BCUT2D eigenvalue weighted by molar-refractivity contribution is -0.138. The zero-order valence-corrected chi connectivity index (χ0v) is 16.6. The molecule has 1 aromatic carbocycles. The van der Waals surface area contributed by atoms with Crippen LogP contribution in [0.3, 0.4) is 0 Å². The predicted molar refractivity (Wildman–Crippen MR) is 106 cm³/mol. The van der Waals surface area contributed by atoms with Crippen LogP contribution in [0.25, 0.3) is 6.08 Å². The van der Waals surface area contributed by atoms with Gasteiger partial charge in [0.1, 0.15) is 0 Å². The summed E-state index contributed by atoms with van der Waals surface area (Å²) in [6, 6.07) is 5.15. The van der Waals surface area contributed by atoms with E-state index < -0.39 is 0 Å². The van der Waals surface area contributed by atoms with Gasteiger partial charge in [-0.2, -0.15) is 0 Å². The lowest BCUT2D eigenvalue weighted by Crippen LogP contribution is -2.53. The lowest BCUT2D eigenvalue weighted by atomic mass is 10.2. The number of halogens is 2. The highest BCUT2D eigenvalue weighted by atomic mass is 35.5. The fraction of sp³-hybridized carbons (Fsp3) is 0.474. The van der Waals surface area contributed by atoms with Gasteiger partial charge in [-0.25, -0.2) is 0 Å². The van der Waals surface area contributed by atoms with Crippen LogP contribution in [-0.4, -0.2) is 85.5 Å². The molecule has 8 heteroatoms. The SMILES string of the molecule is O=C(/C=C/c1ccc(Cl)cc1Cl)N1CCN(C(=O)CN2CCOCC2)CC1. The number of benzene rings is 1. The third-order valence-corrected chi connectivity index (χ3v) is 5.34. The molecule has 2 heterocycles. The summed E-state index contributed by atoms with van der Waals surface area (Å²) in [5.74, 6) is 0.0359. The monoisotopic (exact) mass is 411 g/mol. The van der Waals surface area contributed by atoms with E-state index >= 15 is 0 Å². The van der Waals surface area contributed by atoms with E-state index in [0.29, 0.717) is 56.0 Å². The normalized spacial score (nSPS) is 18.9. The Morgan fingerprint density at radius 1 is 1.00 bits per heavy atom. The third kappa shape index (κ3) is 5.69. The first kappa shape index (κ1) is 20.1. The molecule has 146 valence electrons. The van der Waals surface area contributed by atoms with Crippen molar-refractivity contribution in [3.63, 3.8) is 0 Å². The Balaban J connectivity index is 1.47. The summed E-state index contributed by atoms with van der Waals surface area (Å²) in [5.41, 5.74) is 0.744. The van der Waals surface area contributed by atoms with Crippen LogP contribution < -0.4 is 0 Å². The van der Waals surface area contributed by atoms with Gasteiger partial charge in [0.2, 0.25) is 11.8 Å². The molecule has 2 aliphatic rings. The molecule has 0 aliphatic carbocycles. The molecule has 3 rings (SSSR count). The summed E-state index contributed by atoms with van der Waals surface area (Å²) in [7, 11) is 0. The van der Waals surface area contributed by atoms with Crippen LogP contribution in [-0.2, 0) is 14.3 Å². The number of piperazine rings is 1. The first-order valence-corrected chi connectivity index (χ1v) is 9.78. The van der Waals surface area contributed by atoms with Gasteiger partial charge >= 0.3 is 0 Å². The number of amides is 2. The van der Waals surface area contributed by atoms with E-state index in [0.717, 1.165) is 18.7 Å². The lowest BCUT2D eigenvalue weighted by Gasteiger charge is -2.36. The summed E-state index contributed by atoms with van der Waals surface area (Å²) >= 11 is 12.0. The van der Waals surface area contributed by atoms with Crippen molar-refractivity contribution in [3.8, 4) is 0 Å². The van der Waals surface area contributed by atoms with E-state index in [-0.39, 0.29) is 11.8 Å². The van der Waals surface area contributed by atoms with Crippen molar-refractivity contribution in [1.29, 1.82) is 0 Å².